The average Bonchev–Trinajstić information content (AvgIpc) is 3.93. The van der Waals surface area contributed by atoms with Crippen molar-refractivity contribution in [1.29, 1.82) is 0 Å². The van der Waals surface area contributed by atoms with Crippen LogP contribution in [0, 0.1) is 0 Å². The predicted molar refractivity (Wildman–Crippen MR) is 225 cm³/mol. The number of nitrogens with zero attached hydrogens (tertiary/aromatic N) is 3. The van der Waals surface area contributed by atoms with Gasteiger partial charge in [-0.25, -0.2) is 4.98 Å². The van der Waals surface area contributed by atoms with Gasteiger partial charge in [-0.3, -0.25) is 0 Å². The Hall–Kier alpha value is -7.50. The van der Waals surface area contributed by atoms with Crippen LogP contribution < -0.4 is 0 Å². The quantitative estimate of drug-likeness (QED) is 0.183. The van der Waals surface area contributed by atoms with E-state index in [1.165, 1.54) is 27.1 Å². The van der Waals surface area contributed by atoms with Gasteiger partial charge in [0.15, 0.2) is 5.82 Å². The van der Waals surface area contributed by atoms with Crippen LogP contribution in [0.5, 0.6) is 0 Å². The van der Waals surface area contributed by atoms with Crippen LogP contribution in [0.3, 0.4) is 0 Å². The zero-order chi connectivity index (χ0) is 36.0. The number of rotatable bonds is 4. The lowest BCUT2D eigenvalue weighted by molar-refractivity contribution is 0.653. The van der Waals surface area contributed by atoms with Crippen molar-refractivity contribution in [3.63, 3.8) is 0 Å². The SMILES string of the molecule is c1ccc(-c2ccc3oc4nc(-c5ccc(-n6c7ccccc7c7ccc8ccccc8c76)c6c5oc5ccccc56)nc(-c5ccccc5)c4c3c2)cc1. The normalized spacial score (nSPS) is 12.0. The third-order valence-electron chi connectivity index (χ3n) is 11.0. The minimum absolute atomic E-state index is 0.534. The standard InChI is InChI=1S/C50H29N3O2/c1-3-13-30(14-4-1)33-24-28-43-39(29-33)45-46(32-16-5-2-6-17-32)51-49(52-50(45)55-43)38-26-27-41(44-37-20-10-12-22-42(37)54-48(38)44)53-40-21-11-9-19-35(40)36-25-23-31-15-7-8-18-34(31)47(36)53/h1-29H. The number of para-hydroxylation sites is 2. The van der Waals surface area contributed by atoms with Gasteiger partial charge in [0.2, 0.25) is 5.71 Å². The summed E-state index contributed by atoms with van der Waals surface area (Å²) in [6, 6.07) is 61.4. The van der Waals surface area contributed by atoms with Crippen LogP contribution in [0.15, 0.2) is 185 Å². The topological polar surface area (TPSA) is 57.0 Å². The minimum atomic E-state index is 0.534. The molecule has 5 nitrogen and oxygen atoms in total. The molecule has 12 aromatic rings. The third-order valence-corrected chi connectivity index (χ3v) is 11.0. The van der Waals surface area contributed by atoms with Crippen molar-refractivity contribution in [2.24, 2.45) is 0 Å². The van der Waals surface area contributed by atoms with Gasteiger partial charge in [0.05, 0.1) is 38.8 Å². The molecule has 8 aromatic carbocycles. The Labute approximate surface area is 314 Å². The summed E-state index contributed by atoms with van der Waals surface area (Å²) in [4.78, 5) is 10.6. The fraction of sp³-hybridized carbons (Fsp3) is 0. The highest BCUT2D eigenvalue weighted by Crippen LogP contribution is 2.45. The molecule has 0 fully saturated rings. The van der Waals surface area contributed by atoms with E-state index in [2.05, 4.69) is 138 Å². The number of benzene rings is 8. The molecule has 0 bridgehead atoms. The first kappa shape index (κ1) is 30.0. The summed E-state index contributed by atoms with van der Waals surface area (Å²) < 4.78 is 15.8. The van der Waals surface area contributed by atoms with E-state index >= 15 is 0 Å². The second-order valence-electron chi connectivity index (χ2n) is 14.1. The number of hydrogen-bond donors (Lipinski definition) is 0. The zero-order valence-corrected chi connectivity index (χ0v) is 29.4. The highest BCUT2D eigenvalue weighted by Gasteiger charge is 2.25. The summed E-state index contributed by atoms with van der Waals surface area (Å²) in [5, 5.41) is 8.70. The summed E-state index contributed by atoms with van der Waals surface area (Å²) in [6.45, 7) is 0. The van der Waals surface area contributed by atoms with Crippen molar-refractivity contribution in [1.82, 2.24) is 14.5 Å². The highest BCUT2D eigenvalue weighted by molar-refractivity contribution is 6.21. The van der Waals surface area contributed by atoms with Gasteiger partial charge in [-0.15, -0.1) is 0 Å². The Kier molecular flexibility index (Phi) is 6.27. The molecule has 4 heterocycles. The van der Waals surface area contributed by atoms with Gasteiger partial charge >= 0.3 is 0 Å². The number of furan rings is 2. The maximum atomic E-state index is 6.85. The molecule has 55 heavy (non-hydrogen) atoms. The number of aromatic nitrogens is 3. The van der Waals surface area contributed by atoms with Gasteiger partial charge in [-0.05, 0) is 52.9 Å². The molecule has 12 rings (SSSR count). The van der Waals surface area contributed by atoms with Crippen molar-refractivity contribution in [2.75, 3.05) is 0 Å². The molecule has 0 saturated carbocycles. The smallest absolute Gasteiger partial charge is 0.231 e. The van der Waals surface area contributed by atoms with E-state index in [1.54, 1.807) is 0 Å². The lowest BCUT2D eigenvalue weighted by atomic mass is 10.0. The van der Waals surface area contributed by atoms with E-state index in [-0.39, 0.29) is 0 Å². The Bertz CT molecular complexity index is 3480. The van der Waals surface area contributed by atoms with E-state index in [9.17, 15) is 0 Å². The van der Waals surface area contributed by atoms with Crippen LogP contribution in [-0.4, -0.2) is 14.5 Å². The van der Waals surface area contributed by atoms with Crippen LogP contribution in [0.4, 0.5) is 0 Å². The Balaban J connectivity index is 1.17. The average molecular weight is 704 g/mol. The van der Waals surface area contributed by atoms with Crippen molar-refractivity contribution in [3.05, 3.63) is 176 Å². The zero-order valence-electron chi connectivity index (χ0n) is 29.4. The van der Waals surface area contributed by atoms with Gasteiger partial charge in [0, 0.05) is 32.5 Å². The van der Waals surface area contributed by atoms with Crippen molar-refractivity contribution < 1.29 is 8.83 Å². The molecule has 0 N–H and O–H groups in total. The van der Waals surface area contributed by atoms with Crippen LogP contribution in [-0.2, 0) is 0 Å². The fourth-order valence-electron chi connectivity index (χ4n) is 8.56. The van der Waals surface area contributed by atoms with E-state index in [1.807, 2.05) is 42.5 Å². The van der Waals surface area contributed by atoms with Gasteiger partial charge in [0.1, 0.15) is 16.7 Å². The molecule has 0 aliphatic rings. The van der Waals surface area contributed by atoms with Crippen LogP contribution in [0.1, 0.15) is 0 Å². The fourth-order valence-corrected chi connectivity index (χ4v) is 8.56. The van der Waals surface area contributed by atoms with Crippen molar-refractivity contribution in [2.45, 2.75) is 0 Å². The molecule has 0 radical (unpaired) electrons. The lowest BCUT2D eigenvalue weighted by Crippen LogP contribution is -1.98. The molecule has 0 aliphatic carbocycles. The second kappa shape index (κ2) is 11.5. The summed E-state index contributed by atoms with van der Waals surface area (Å²) in [7, 11) is 0. The first-order valence-corrected chi connectivity index (χ1v) is 18.5. The Morgan fingerprint density at radius 1 is 0.436 bits per heavy atom. The van der Waals surface area contributed by atoms with Crippen LogP contribution in [0.25, 0.3) is 116 Å². The summed E-state index contributed by atoms with van der Waals surface area (Å²) in [5.74, 6) is 0.539. The first-order chi connectivity index (χ1) is 27.3. The summed E-state index contributed by atoms with van der Waals surface area (Å²) in [5.41, 5.74) is 11.0. The molecule has 0 amide bonds. The van der Waals surface area contributed by atoms with Gasteiger partial charge < -0.3 is 13.4 Å². The molecule has 4 aromatic heterocycles. The summed E-state index contributed by atoms with van der Waals surface area (Å²) in [6.07, 6.45) is 0. The van der Waals surface area contributed by atoms with Crippen molar-refractivity contribution >= 4 is 76.6 Å². The van der Waals surface area contributed by atoms with E-state index < -0.39 is 0 Å². The summed E-state index contributed by atoms with van der Waals surface area (Å²) >= 11 is 0. The molecule has 0 spiro atoms. The van der Waals surface area contributed by atoms with Crippen LogP contribution >= 0.6 is 0 Å². The molecule has 0 saturated heterocycles. The molecule has 256 valence electrons. The number of fused-ring (bicyclic) bond motifs is 11. The second-order valence-corrected chi connectivity index (χ2v) is 14.1. The molecule has 0 unspecified atom stereocenters. The predicted octanol–water partition coefficient (Wildman–Crippen LogP) is 13.5. The van der Waals surface area contributed by atoms with E-state index in [4.69, 9.17) is 18.8 Å². The maximum Gasteiger partial charge on any atom is 0.231 e. The largest absolute Gasteiger partial charge is 0.455 e. The lowest BCUT2D eigenvalue weighted by Gasteiger charge is -2.13. The highest BCUT2D eigenvalue weighted by atomic mass is 16.3. The van der Waals surface area contributed by atoms with Gasteiger partial charge in [-0.2, -0.15) is 4.98 Å². The molecular weight excluding hydrogens is 675 g/mol. The monoisotopic (exact) mass is 703 g/mol. The van der Waals surface area contributed by atoms with Gasteiger partial charge in [-0.1, -0.05) is 140 Å². The molecule has 0 aliphatic heterocycles. The Morgan fingerprint density at radius 2 is 1.15 bits per heavy atom. The number of hydrogen-bond acceptors (Lipinski definition) is 4. The van der Waals surface area contributed by atoms with E-state index in [0.717, 1.165) is 77.4 Å². The molecular formula is C50H29N3O2. The maximum absolute atomic E-state index is 6.85. The minimum Gasteiger partial charge on any atom is -0.455 e. The van der Waals surface area contributed by atoms with Crippen LogP contribution in [0.2, 0.25) is 0 Å². The molecule has 0 atom stereocenters. The third kappa shape index (κ3) is 4.41. The molecule has 5 heteroatoms. The van der Waals surface area contributed by atoms with Gasteiger partial charge in [0.25, 0.3) is 0 Å². The Morgan fingerprint density at radius 3 is 2.00 bits per heavy atom. The van der Waals surface area contributed by atoms with Crippen molar-refractivity contribution in [3.8, 4) is 39.5 Å². The first-order valence-electron chi connectivity index (χ1n) is 18.5. The van der Waals surface area contributed by atoms with E-state index in [0.29, 0.717) is 11.5 Å².